The summed E-state index contributed by atoms with van der Waals surface area (Å²) in [7, 11) is 3.94. The molecule has 0 amide bonds. The molecule has 1 aromatic carbocycles. The zero-order valence-electron chi connectivity index (χ0n) is 12.0. The molecule has 0 bridgehead atoms. The van der Waals surface area contributed by atoms with Gasteiger partial charge in [-0.15, -0.1) is 0 Å². The van der Waals surface area contributed by atoms with Gasteiger partial charge in [-0.25, -0.2) is 4.39 Å². The third-order valence-electron chi connectivity index (χ3n) is 2.74. The minimum absolute atomic E-state index is 0.0712. The summed E-state index contributed by atoms with van der Waals surface area (Å²) in [6, 6.07) is 2.32. The monoisotopic (exact) mass is 347 g/mol. The molecule has 5 nitrogen and oxygen atoms in total. The Bertz CT molecular complexity index is 507. The number of nitrogens with one attached hydrogen (secondary N) is 1. The molecule has 0 aromatic heterocycles. The Kier molecular flexibility index (Phi) is 5.47. The maximum absolute atomic E-state index is 13.4. The second kappa shape index (κ2) is 6.49. The molecule has 0 aliphatic carbocycles. The first-order chi connectivity index (χ1) is 9.12. The molecule has 7 heteroatoms. The molecule has 1 aromatic rings. The molecule has 0 aliphatic rings. The third kappa shape index (κ3) is 4.72. The van der Waals surface area contributed by atoms with E-state index < -0.39 is 10.7 Å². The van der Waals surface area contributed by atoms with Crippen LogP contribution in [-0.2, 0) is 0 Å². The molecule has 20 heavy (non-hydrogen) atoms. The Morgan fingerprint density at radius 2 is 2.05 bits per heavy atom. The molecule has 0 radical (unpaired) electrons. The van der Waals surface area contributed by atoms with Crippen LogP contribution >= 0.6 is 15.9 Å². The predicted octanol–water partition coefficient (Wildman–Crippen LogP) is 3.50. The topological polar surface area (TPSA) is 58.4 Å². The van der Waals surface area contributed by atoms with Gasteiger partial charge in [-0.3, -0.25) is 10.1 Å². The molecule has 112 valence electrons. The molecular weight excluding hydrogens is 329 g/mol. The first-order valence-electron chi connectivity index (χ1n) is 6.14. The highest BCUT2D eigenvalue weighted by atomic mass is 79.9. The lowest BCUT2D eigenvalue weighted by Crippen LogP contribution is -2.34. The van der Waals surface area contributed by atoms with Crippen LogP contribution < -0.4 is 5.32 Å². The van der Waals surface area contributed by atoms with E-state index in [1.54, 1.807) is 0 Å². The third-order valence-corrected chi connectivity index (χ3v) is 3.34. The Labute approximate surface area is 126 Å². The second-order valence-electron chi connectivity index (χ2n) is 5.80. The summed E-state index contributed by atoms with van der Waals surface area (Å²) in [4.78, 5) is 12.4. The molecule has 0 fully saturated rings. The van der Waals surface area contributed by atoms with Gasteiger partial charge in [0.25, 0.3) is 5.69 Å². The molecule has 1 rings (SSSR count). The number of rotatable bonds is 6. The molecule has 0 aliphatic heterocycles. The summed E-state index contributed by atoms with van der Waals surface area (Å²) >= 11 is 3.04. The van der Waals surface area contributed by atoms with Gasteiger partial charge < -0.3 is 10.2 Å². The van der Waals surface area contributed by atoms with E-state index in [0.29, 0.717) is 12.2 Å². The number of halogens is 2. The average molecular weight is 348 g/mol. The summed E-state index contributed by atoms with van der Waals surface area (Å²) < 4.78 is 13.6. The average Bonchev–Trinajstić information content (AvgIpc) is 2.28. The molecule has 0 atom stereocenters. The van der Waals surface area contributed by atoms with Crippen LogP contribution in [0.4, 0.5) is 15.8 Å². The zero-order chi connectivity index (χ0) is 15.5. The first kappa shape index (κ1) is 16.8. The van der Waals surface area contributed by atoms with E-state index in [9.17, 15) is 14.5 Å². The summed E-state index contributed by atoms with van der Waals surface area (Å²) in [5.41, 5.74) is -0.0143. The van der Waals surface area contributed by atoms with Crippen LogP contribution in [0.1, 0.15) is 13.8 Å². The van der Waals surface area contributed by atoms with Gasteiger partial charge in [0, 0.05) is 13.1 Å². The van der Waals surface area contributed by atoms with Gasteiger partial charge >= 0.3 is 0 Å². The normalized spacial score (nSPS) is 11.8. The van der Waals surface area contributed by atoms with Crippen molar-refractivity contribution in [3.05, 3.63) is 32.5 Å². The molecular formula is C13H19BrFN3O2. The summed E-state index contributed by atoms with van der Waals surface area (Å²) in [5, 5.41) is 14.0. The minimum atomic E-state index is -0.644. The Morgan fingerprint density at radius 3 is 2.55 bits per heavy atom. The smallest absolute Gasteiger partial charge is 0.295 e. The van der Waals surface area contributed by atoms with E-state index >= 15 is 0 Å². The number of nitrogens with zero attached hydrogens (tertiary/aromatic N) is 2. The fourth-order valence-electron chi connectivity index (χ4n) is 2.08. The van der Waals surface area contributed by atoms with Crippen molar-refractivity contribution in [2.24, 2.45) is 5.41 Å². The summed E-state index contributed by atoms with van der Waals surface area (Å²) in [5.74, 6) is -0.644. The number of hydrogen-bond acceptors (Lipinski definition) is 4. The number of benzene rings is 1. The SMILES string of the molecule is CN(C)CC(C)(C)CNc1cc(Br)c(F)cc1[N+](=O)[O-]. The Balaban J connectivity index is 2.92. The highest BCUT2D eigenvalue weighted by Crippen LogP contribution is 2.31. The second-order valence-corrected chi connectivity index (χ2v) is 6.65. The van der Waals surface area contributed by atoms with Gasteiger partial charge in [0.15, 0.2) is 0 Å². The molecule has 0 unspecified atom stereocenters. The van der Waals surface area contributed by atoms with Crippen molar-refractivity contribution >= 4 is 27.3 Å². The first-order valence-corrected chi connectivity index (χ1v) is 6.94. The molecule has 0 heterocycles. The number of hydrogen-bond donors (Lipinski definition) is 1. The van der Waals surface area contributed by atoms with E-state index in [1.807, 2.05) is 14.1 Å². The van der Waals surface area contributed by atoms with E-state index in [0.717, 1.165) is 12.6 Å². The fourth-order valence-corrected chi connectivity index (χ4v) is 2.42. The Hall–Kier alpha value is -1.21. The van der Waals surface area contributed by atoms with Crippen LogP contribution in [0, 0.1) is 21.3 Å². The van der Waals surface area contributed by atoms with Crippen LogP contribution in [-0.4, -0.2) is 37.0 Å². The van der Waals surface area contributed by atoms with Gasteiger partial charge in [0.05, 0.1) is 15.5 Å². The highest BCUT2D eigenvalue weighted by Gasteiger charge is 2.22. The van der Waals surface area contributed by atoms with Crippen LogP contribution in [0.25, 0.3) is 0 Å². The van der Waals surface area contributed by atoms with E-state index in [-0.39, 0.29) is 15.6 Å². The summed E-state index contributed by atoms with van der Waals surface area (Å²) in [6.07, 6.45) is 0. The largest absolute Gasteiger partial charge is 0.379 e. The van der Waals surface area contributed by atoms with Crippen LogP contribution in [0.3, 0.4) is 0 Å². The van der Waals surface area contributed by atoms with Gasteiger partial charge in [0.2, 0.25) is 0 Å². The van der Waals surface area contributed by atoms with Crippen molar-refractivity contribution in [1.29, 1.82) is 0 Å². The lowest BCUT2D eigenvalue weighted by Gasteiger charge is -2.28. The van der Waals surface area contributed by atoms with Gasteiger partial charge in [0.1, 0.15) is 11.5 Å². The van der Waals surface area contributed by atoms with Crippen LogP contribution in [0.2, 0.25) is 0 Å². The molecule has 0 saturated carbocycles. The molecule has 1 N–H and O–H groups in total. The maximum atomic E-state index is 13.4. The minimum Gasteiger partial charge on any atom is -0.379 e. The highest BCUT2D eigenvalue weighted by molar-refractivity contribution is 9.10. The summed E-state index contributed by atoms with van der Waals surface area (Å²) in [6.45, 7) is 5.50. The van der Waals surface area contributed by atoms with Gasteiger partial charge in [-0.05, 0) is 41.5 Å². The van der Waals surface area contributed by atoms with Gasteiger partial charge in [-0.1, -0.05) is 13.8 Å². The number of nitro groups is 1. The Morgan fingerprint density at radius 1 is 1.45 bits per heavy atom. The lowest BCUT2D eigenvalue weighted by atomic mass is 9.93. The van der Waals surface area contributed by atoms with Crippen LogP contribution in [0.5, 0.6) is 0 Å². The predicted molar refractivity (Wildman–Crippen MR) is 81.6 cm³/mol. The quantitative estimate of drug-likeness (QED) is 0.632. The maximum Gasteiger partial charge on any atom is 0.295 e. The van der Waals surface area contributed by atoms with E-state index in [1.165, 1.54) is 6.07 Å². The number of anilines is 1. The lowest BCUT2D eigenvalue weighted by molar-refractivity contribution is -0.384. The standard InChI is InChI=1S/C13H19BrFN3O2/c1-13(2,8-17(3)4)7-16-11-5-9(14)10(15)6-12(11)18(19)20/h5-6,16H,7-8H2,1-4H3. The van der Waals surface area contributed by atoms with Crippen molar-refractivity contribution in [1.82, 2.24) is 4.90 Å². The van der Waals surface area contributed by atoms with Crippen molar-refractivity contribution < 1.29 is 9.31 Å². The van der Waals surface area contributed by atoms with Gasteiger partial charge in [-0.2, -0.15) is 0 Å². The molecule has 0 saturated heterocycles. The molecule has 0 spiro atoms. The van der Waals surface area contributed by atoms with Crippen molar-refractivity contribution in [2.75, 3.05) is 32.5 Å². The van der Waals surface area contributed by atoms with Crippen LogP contribution in [0.15, 0.2) is 16.6 Å². The van der Waals surface area contributed by atoms with E-state index in [2.05, 4.69) is 40.0 Å². The van der Waals surface area contributed by atoms with Crippen molar-refractivity contribution in [3.8, 4) is 0 Å². The van der Waals surface area contributed by atoms with E-state index in [4.69, 9.17) is 0 Å². The van der Waals surface area contributed by atoms with Crippen molar-refractivity contribution in [2.45, 2.75) is 13.8 Å². The fraction of sp³-hybridized carbons (Fsp3) is 0.538. The van der Waals surface area contributed by atoms with Crippen molar-refractivity contribution in [3.63, 3.8) is 0 Å². The zero-order valence-corrected chi connectivity index (χ0v) is 13.6. The number of nitro benzene ring substituents is 1.